The number of rotatable bonds is 4. The number of aromatic amines is 1. The second-order valence-corrected chi connectivity index (χ2v) is 8.11. The molecule has 0 fully saturated rings. The third-order valence-electron chi connectivity index (χ3n) is 5.86. The van der Waals surface area contributed by atoms with Crippen molar-refractivity contribution in [3.63, 3.8) is 0 Å². The SMILES string of the molecule is Cc1ccc(C2c3c(-c4ccc(C)cc4O)n[nH]c3C(=O)N2Cc2ccccc2)cc1. The number of nitrogens with one attached hydrogen (secondary N) is 1. The highest BCUT2D eigenvalue weighted by Crippen LogP contribution is 2.45. The van der Waals surface area contributed by atoms with Gasteiger partial charge in [-0.05, 0) is 42.7 Å². The molecule has 5 heteroatoms. The molecule has 0 saturated heterocycles. The molecule has 0 bridgehead atoms. The fourth-order valence-electron chi connectivity index (χ4n) is 4.28. The molecule has 1 unspecified atom stereocenters. The van der Waals surface area contributed by atoms with E-state index in [1.807, 2.05) is 61.2 Å². The molecule has 0 radical (unpaired) electrons. The standard InChI is InChI=1S/C26H23N3O2/c1-16-8-11-19(12-9-16)25-22-23(20-13-10-17(2)14-21(20)30)27-28-24(22)26(31)29(25)15-18-6-4-3-5-7-18/h3-14,25,30H,15H2,1-2H3,(H,27,28). The van der Waals surface area contributed by atoms with Crippen molar-refractivity contribution in [2.45, 2.75) is 26.4 Å². The smallest absolute Gasteiger partial charge is 0.273 e. The normalized spacial score (nSPS) is 15.4. The second-order valence-electron chi connectivity index (χ2n) is 8.11. The molecule has 5 rings (SSSR count). The first-order valence-corrected chi connectivity index (χ1v) is 10.3. The largest absolute Gasteiger partial charge is 0.507 e. The highest BCUT2D eigenvalue weighted by Gasteiger charge is 2.42. The van der Waals surface area contributed by atoms with Gasteiger partial charge in [0, 0.05) is 17.7 Å². The summed E-state index contributed by atoms with van der Waals surface area (Å²) in [7, 11) is 0. The summed E-state index contributed by atoms with van der Waals surface area (Å²) in [6.45, 7) is 4.46. The summed E-state index contributed by atoms with van der Waals surface area (Å²) in [4.78, 5) is 15.3. The summed E-state index contributed by atoms with van der Waals surface area (Å²) < 4.78 is 0. The van der Waals surface area contributed by atoms with E-state index in [9.17, 15) is 9.90 Å². The Balaban J connectivity index is 1.67. The molecule has 154 valence electrons. The van der Waals surface area contributed by atoms with E-state index < -0.39 is 0 Å². The lowest BCUT2D eigenvalue weighted by molar-refractivity contribution is 0.0730. The first-order valence-electron chi connectivity index (χ1n) is 10.3. The maximum atomic E-state index is 13.4. The van der Waals surface area contributed by atoms with E-state index in [4.69, 9.17) is 0 Å². The summed E-state index contributed by atoms with van der Waals surface area (Å²) in [6, 6.07) is 23.4. The van der Waals surface area contributed by atoms with Crippen molar-refractivity contribution in [1.82, 2.24) is 15.1 Å². The van der Waals surface area contributed by atoms with Crippen LogP contribution in [0.3, 0.4) is 0 Å². The molecule has 2 heterocycles. The third-order valence-corrected chi connectivity index (χ3v) is 5.86. The highest BCUT2D eigenvalue weighted by molar-refractivity contribution is 6.00. The van der Waals surface area contributed by atoms with Crippen LogP contribution >= 0.6 is 0 Å². The van der Waals surface area contributed by atoms with Crippen LogP contribution in [-0.2, 0) is 6.54 Å². The topological polar surface area (TPSA) is 69.2 Å². The molecular weight excluding hydrogens is 386 g/mol. The Hall–Kier alpha value is -3.86. The number of phenolic OH excluding ortho intramolecular Hbond substituents is 1. The molecule has 5 nitrogen and oxygen atoms in total. The summed E-state index contributed by atoms with van der Waals surface area (Å²) in [5.41, 5.74) is 6.72. The zero-order valence-corrected chi connectivity index (χ0v) is 17.5. The van der Waals surface area contributed by atoms with Gasteiger partial charge in [-0.1, -0.05) is 66.2 Å². The number of H-pyrrole nitrogens is 1. The minimum Gasteiger partial charge on any atom is -0.507 e. The van der Waals surface area contributed by atoms with Crippen molar-refractivity contribution >= 4 is 5.91 Å². The van der Waals surface area contributed by atoms with E-state index in [1.54, 1.807) is 6.07 Å². The van der Waals surface area contributed by atoms with Crippen molar-refractivity contribution in [2.75, 3.05) is 0 Å². The van der Waals surface area contributed by atoms with E-state index in [2.05, 4.69) is 34.5 Å². The van der Waals surface area contributed by atoms with E-state index in [-0.39, 0.29) is 17.7 Å². The van der Waals surface area contributed by atoms with Crippen molar-refractivity contribution in [3.05, 3.63) is 106 Å². The number of carbonyl (C=O) groups excluding carboxylic acids is 1. The van der Waals surface area contributed by atoms with Gasteiger partial charge < -0.3 is 10.0 Å². The zero-order valence-electron chi connectivity index (χ0n) is 17.5. The van der Waals surface area contributed by atoms with Gasteiger partial charge in [0.15, 0.2) is 0 Å². The monoisotopic (exact) mass is 409 g/mol. The van der Waals surface area contributed by atoms with Crippen LogP contribution in [0, 0.1) is 13.8 Å². The van der Waals surface area contributed by atoms with Gasteiger partial charge in [-0.25, -0.2) is 0 Å². The van der Waals surface area contributed by atoms with Crippen molar-refractivity contribution in [3.8, 4) is 17.0 Å². The molecule has 3 aromatic carbocycles. The predicted octanol–water partition coefficient (Wildman–Crippen LogP) is 5.14. The molecule has 1 aliphatic heterocycles. The summed E-state index contributed by atoms with van der Waals surface area (Å²) in [5.74, 6) is 0.0701. The van der Waals surface area contributed by atoms with Gasteiger partial charge in [-0.2, -0.15) is 5.10 Å². The minimum atomic E-state index is -0.294. The lowest BCUT2D eigenvalue weighted by Crippen LogP contribution is -2.29. The first kappa shape index (κ1) is 19.1. The van der Waals surface area contributed by atoms with Crippen LogP contribution < -0.4 is 0 Å². The molecule has 2 N–H and O–H groups in total. The number of aromatic nitrogens is 2. The Bertz CT molecular complexity index is 1260. The number of benzene rings is 3. The van der Waals surface area contributed by atoms with E-state index in [0.29, 0.717) is 23.5 Å². The number of hydrogen-bond acceptors (Lipinski definition) is 3. The van der Waals surface area contributed by atoms with Gasteiger partial charge in [0.05, 0.1) is 6.04 Å². The average Bonchev–Trinajstić information content (AvgIpc) is 3.29. The number of carbonyl (C=O) groups is 1. The molecule has 1 aliphatic rings. The average molecular weight is 409 g/mol. The maximum absolute atomic E-state index is 13.4. The number of phenols is 1. The number of nitrogens with zero attached hydrogens (tertiary/aromatic N) is 2. The quantitative estimate of drug-likeness (QED) is 0.490. The van der Waals surface area contributed by atoms with Crippen LogP contribution in [0.5, 0.6) is 5.75 Å². The van der Waals surface area contributed by atoms with Crippen LogP contribution in [0.25, 0.3) is 11.3 Å². The Morgan fingerprint density at radius 2 is 1.68 bits per heavy atom. The van der Waals surface area contributed by atoms with Crippen LogP contribution in [0.2, 0.25) is 0 Å². The number of amides is 1. The summed E-state index contributed by atoms with van der Waals surface area (Å²) in [6.07, 6.45) is 0. The van der Waals surface area contributed by atoms with Crippen molar-refractivity contribution in [2.24, 2.45) is 0 Å². The number of aromatic hydroxyl groups is 1. The van der Waals surface area contributed by atoms with Crippen LogP contribution in [0.15, 0.2) is 72.8 Å². The fourth-order valence-corrected chi connectivity index (χ4v) is 4.28. The fraction of sp³-hybridized carbons (Fsp3) is 0.154. The van der Waals surface area contributed by atoms with E-state index in [0.717, 1.165) is 27.8 Å². The molecule has 1 aromatic heterocycles. The second kappa shape index (κ2) is 7.43. The molecule has 0 spiro atoms. The lowest BCUT2D eigenvalue weighted by atomic mass is 9.94. The maximum Gasteiger partial charge on any atom is 0.273 e. The first-order chi connectivity index (χ1) is 15.0. The van der Waals surface area contributed by atoms with Crippen LogP contribution in [-0.4, -0.2) is 26.1 Å². The van der Waals surface area contributed by atoms with Crippen molar-refractivity contribution < 1.29 is 9.90 Å². The zero-order chi connectivity index (χ0) is 21.5. The number of hydrogen-bond donors (Lipinski definition) is 2. The van der Waals surface area contributed by atoms with Gasteiger partial charge in [-0.3, -0.25) is 9.89 Å². The van der Waals surface area contributed by atoms with E-state index >= 15 is 0 Å². The Morgan fingerprint density at radius 3 is 2.39 bits per heavy atom. The number of aryl methyl sites for hydroxylation is 2. The molecule has 1 amide bonds. The van der Waals surface area contributed by atoms with Crippen molar-refractivity contribution in [1.29, 1.82) is 0 Å². The molecule has 1 atom stereocenters. The van der Waals surface area contributed by atoms with Gasteiger partial charge in [0.1, 0.15) is 17.1 Å². The van der Waals surface area contributed by atoms with Crippen LogP contribution in [0.4, 0.5) is 0 Å². The van der Waals surface area contributed by atoms with E-state index in [1.165, 1.54) is 0 Å². The van der Waals surface area contributed by atoms with Gasteiger partial charge in [0.25, 0.3) is 5.91 Å². The summed E-state index contributed by atoms with van der Waals surface area (Å²) in [5, 5.41) is 18.0. The third kappa shape index (κ3) is 3.28. The number of fused-ring (bicyclic) bond motifs is 1. The minimum absolute atomic E-state index is 0.0882. The molecule has 31 heavy (non-hydrogen) atoms. The Morgan fingerprint density at radius 1 is 0.968 bits per heavy atom. The molecule has 4 aromatic rings. The molecular formula is C26H23N3O2. The van der Waals surface area contributed by atoms with Crippen LogP contribution in [0.1, 0.15) is 44.3 Å². The Labute approximate surface area is 181 Å². The van der Waals surface area contributed by atoms with Gasteiger partial charge in [0.2, 0.25) is 0 Å². The highest BCUT2D eigenvalue weighted by atomic mass is 16.3. The molecule has 0 saturated carbocycles. The van der Waals surface area contributed by atoms with Gasteiger partial charge in [-0.15, -0.1) is 0 Å². The lowest BCUT2D eigenvalue weighted by Gasteiger charge is -2.26. The molecule has 0 aliphatic carbocycles. The summed E-state index contributed by atoms with van der Waals surface area (Å²) >= 11 is 0. The van der Waals surface area contributed by atoms with Gasteiger partial charge >= 0.3 is 0 Å². The Kier molecular flexibility index (Phi) is 4.59. The predicted molar refractivity (Wildman–Crippen MR) is 120 cm³/mol.